The van der Waals surface area contributed by atoms with Gasteiger partial charge in [-0.1, -0.05) is 18.2 Å². The summed E-state index contributed by atoms with van der Waals surface area (Å²) in [5, 5.41) is 4.30. The molecule has 1 saturated heterocycles. The second kappa shape index (κ2) is 7.84. The van der Waals surface area contributed by atoms with Crippen LogP contribution in [0.5, 0.6) is 0 Å². The molecule has 1 aliphatic rings. The molecule has 0 bridgehead atoms. The van der Waals surface area contributed by atoms with Crippen molar-refractivity contribution in [1.29, 1.82) is 0 Å². The average molecular weight is 374 g/mol. The highest BCUT2D eigenvalue weighted by Crippen LogP contribution is 2.13. The Morgan fingerprint density at radius 3 is 2.58 bits per heavy atom. The van der Waals surface area contributed by atoms with E-state index in [0.29, 0.717) is 25.9 Å². The van der Waals surface area contributed by atoms with Gasteiger partial charge in [-0.25, -0.2) is 17.8 Å². The van der Waals surface area contributed by atoms with Crippen molar-refractivity contribution in [2.45, 2.75) is 18.9 Å². The fourth-order valence-electron chi connectivity index (χ4n) is 2.94. The minimum atomic E-state index is -3.21. The quantitative estimate of drug-likeness (QED) is 0.803. The van der Waals surface area contributed by atoms with Crippen molar-refractivity contribution >= 4 is 22.0 Å². The van der Waals surface area contributed by atoms with Gasteiger partial charge in [0.1, 0.15) is 0 Å². The van der Waals surface area contributed by atoms with Gasteiger partial charge < -0.3 is 4.90 Å². The SMILES string of the molecule is CS(=O)(=O)NC1CCN(C(=O)C=Cc2cnn(-c3ccccc3)c2)CC1. The molecule has 1 fully saturated rings. The second-order valence-electron chi connectivity index (χ2n) is 6.38. The van der Waals surface area contributed by atoms with E-state index in [1.165, 1.54) is 6.08 Å². The van der Waals surface area contributed by atoms with Gasteiger partial charge in [-0.05, 0) is 31.1 Å². The standard InChI is InChI=1S/C18H22N4O3S/c1-26(24,25)20-16-9-11-21(12-10-16)18(23)8-7-15-13-19-22(14-15)17-5-3-2-4-6-17/h2-8,13-14,16,20H,9-12H2,1H3. The van der Waals surface area contributed by atoms with Crippen LogP contribution in [0.2, 0.25) is 0 Å². The van der Waals surface area contributed by atoms with Crippen LogP contribution in [-0.4, -0.2) is 54.4 Å². The summed E-state index contributed by atoms with van der Waals surface area (Å²) >= 11 is 0. The Morgan fingerprint density at radius 1 is 1.23 bits per heavy atom. The first-order valence-corrected chi connectivity index (χ1v) is 10.3. The molecule has 1 amide bonds. The lowest BCUT2D eigenvalue weighted by Crippen LogP contribution is -2.45. The summed E-state index contributed by atoms with van der Waals surface area (Å²) in [6, 6.07) is 9.65. The summed E-state index contributed by atoms with van der Waals surface area (Å²) in [4.78, 5) is 14.0. The Kier molecular flexibility index (Phi) is 5.53. The molecule has 1 N–H and O–H groups in total. The molecule has 7 nitrogen and oxygen atoms in total. The molecule has 0 unspecified atom stereocenters. The van der Waals surface area contributed by atoms with Crippen LogP contribution in [0.25, 0.3) is 11.8 Å². The van der Waals surface area contributed by atoms with Crippen LogP contribution in [-0.2, 0) is 14.8 Å². The van der Waals surface area contributed by atoms with Gasteiger partial charge >= 0.3 is 0 Å². The highest BCUT2D eigenvalue weighted by atomic mass is 32.2. The van der Waals surface area contributed by atoms with Crippen molar-refractivity contribution in [1.82, 2.24) is 19.4 Å². The number of benzene rings is 1. The molecule has 1 aliphatic heterocycles. The van der Waals surface area contributed by atoms with Gasteiger partial charge in [0.15, 0.2) is 0 Å². The molecule has 0 saturated carbocycles. The molecular weight excluding hydrogens is 352 g/mol. The molecule has 2 heterocycles. The van der Waals surface area contributed by atoms with Gasteiger partial charge in [-0.3, -0.25) is 4.79 Å². The van der Waals surface area contributed by atoms with Gasteiger partial charge in [-0.15, -0.1) is 0 Å². The summed E-state index contributed by atoms with van der Waals surface area (Å²) in [6.45, 7) is 1.08. The fourth-order valence-corrected chi connectivity index (χ4v) is 3.78. The molecule has 1 aromatic heterocycles. The van der Waals surface area contributed by atoms with Crippen LogP contribution in [0.15, 0.2) is 48.8 Å². The van der Waals surface area contributed by atoms with Gasteiger partial charge in [-0.2, -0.15) is 5.10 Å². The number of nitrogens with zero attached hydrogens (tertiary/aromatic N) is 3. The zero-order valence-corrected chi connectivity index (χ0v) is 15.4. The van der Waals surface area contributed by atoms with E-state index in [1.54, 1.807) is 21.9 Å². The summed E-state index contributed by atoms with van der Waals surface area (Å²) in [5.41, 5.74) is 1.80. The van der Waals surface area contributed by atoms with E-state index in [1.807, 2.05) is 36.5 Å². The highest BCUT2D eigenvalue weighted by Gasteiger charge is 2.23. The van der Waals surface area contributed by atoms with E-state index in [9.17, 15) is 13.2 Å². The number of nitrogens with one attached hydrogen (secondary N) is 1. The number of hydrogen-bond acceptors (Lipinski definition) is 4. The Labute approximate surface area is 153 Å². The molecule has 0 spiro atoms. The number of rotatable bonds is 5. The highest BCUT2D eigenvalue weighted by molar-refractivity contribution is 7.88. The number of sulfonamides is 1. The molecule has 26 heavy (non-hydrogen) atoms. The molecule has 8 heteroatoms. The summed E-state index contributed by atoms with van der Waals surface area (Å²) in [5.74, 6) is -0.0738. The first-order valence-electron chi connectivity index (χ1n) is 8.45. The summed E-state index contributed by atoms with van der Waals surface area (Å²) < 4.78 is 26.9. The lowest BCUT2D eigenvalue weighted by atomic mass is 10.1. The van der Waals surface area contributed by atoms with Crippen LogP contribution in [0.4, 0.5) is 0 Å². The molecular formula is C18H22N4O3S. The van der Waals surface area contributed by atoms with Gasteiger partial charge in [0, 0.05) is 37.0 Å². The van der Waals surface area contributed by atoms with E-state index < -0.39 is 10.0 Å². The van der Waals surface area contributed by atoms with Crippen LogP contribution < -0.4 is 4.72 Å². The van der Waals surface area contributed by atoms with Gasteiger partial charge in [0.05, 0.1) is 18.1 Å². The number of aromatic nitrogens is 2. The number of amides is 1. The van der Waals surface area contributed by atoms with Crippen LogP contribution in [0.1, 0.15) is 18.4 Å². The number of likely N-dealkylation sites (tertiary alicyclic amines) is 1. The number of piperidine rings is 1. The van der Waals surface area contributed by atoms with Crippen molar-refractivity contribution in [3.63, 3.8) is 0 Å². The monoisotopic (exact) mass is 374 g/mol. The minimum absolute atomic E-state index is 0.0738. The Balaban J connectivity index is 1.55. The largest absolute Gasteiger partial charge is 0.339 e. The van der Waals surface area contributed by atoms with Gasteiger partial charge in [0.2, 0.25) is 15.9 Å². The number of hydrogen-bond donors (Lipinski definition) is 1. The van der Waals surface area contributed by atoms with Crippen LogP contribution >= 0.6 is 0 Å². The molecule has 0 radical (unpaired) electrons. The van der Waals surface area contributed by atoms with E-state index in [4.69, 9.17) is 0 Å². The average Bonchev–Trinajstić information content (AvgIpc) is 3.09. The maximum absolute atomic E-state index is 12.3. The van der Waals surface area contributed by atoms with E-state index >= 15 is 0 Å². The molecule has 0 aliphatic carbocycles. The van der Waals surface area contributed by atoms with Crippen molar-refractivity contribution in [2.24, 2.45) is 0 Å². The van der Waals surface area contributed by atoms with E-state index in [-0.39, 0.29) is 11.9 Å². The number of carbonyl (C=O) groups is 1. The maximum Gasteiger partial charge on any atom is 0.246 e. The number of para-hydroxylation sites is 1. The first kappa shape index (κ1) is 18.3. The third-order valence-electron chi connectivity index (χ3n) is 4.23. The smallest absolute Gasteiger partial charge is 0.246 e. The lowest BCUT2D eigenvalue weighted by molar-refractivity contribution is -0.126. The Hall–Kier alpha value is -2.45. The third-order valence-corrected chi connectivity index (χ3v) is 4.99. The molecule has 0 atom stereocenters. The normalized spacial score (nSPS) is 16.3. The Morgan fingerprint density at radius 2 is 1.92 bits per heavy atom. The van der Waals surface area contributed by atoms with E-state index in [2.05, 4.69) is 9.82 Å². The summed E-state index contributed by atoms with van der Waals surface area (Å²) in [7, 11) is -3.21. The second-order valence-corrected chi connectivity index (χ2v) is 8.16. The van der Waals surface area contributed by atoms with Gasteiger partial charge in [0.25, 0.3) is 0 Å². The maximum atomic E-state index is 12.3. The summed E-state index contributed by atoms with van der Waals surface area (Å²) in [6.07, 6.45) is 9.26. The predicted octanol–water partition coefficient (Wildman–Crippen LogP) is 1.43. The molecule has 2 aromatic rings. The Bertz CT molecular complexity index is 882. The first-order chi connectivity index (χ1) is 12.4. The lowest BCUT2D eigenvalue weighted by Gasteiger charge is -2.31. The van der Waals surface area contributed by atoms with Crippen molar-refractivity contribution < 1.29 is 13.2 Å². The van der Waals surface area contributed by atoms with Crippen LogP contribution in [0.3, 0.4) is 0 Å². The molecule has 1 aromatic carbocycles. The van der Waals surface area contributed by atoms with Crippen LogP contribution in [0, 0.1) is 0 Å². The minimum Gasteiger partial charge on any atom is -0.339 e. The van der Waals surface area contributed by atoms with Crippen molar-refractivity contribution in [3.8, 4) is 5.69 Å². The molecule has 3 rings (SSSR count). The topological polar surface area (TPSA) is 84.3 Å². The molecule has 138 valence electrons. The van der Waals surface area contributed by atoms with Crippen molar-refractivity contribution in [2.75, 3.05) is 19.3 Å². The zero-order chi connectivity index (χ0) is 18.6. The predicted molar refractivity (Wildman–Crippen MR) is 100 cm³/mol. The van der Waals surface area contributed by atoms with E-state index in [0.717, 1.165) is 17.5 Å². The number of carbonyl (C=O) groups excluding carboxylic acids is 1. The third kappa shape index (κ3) is 5.03. The zero-order valence-electron chi connectivity index (χ0n) is 14.6. The fraction of sp³-hybridized carbons (Fsp3) is 0.333. The van der Waals surface area contributed by atoms with Crippen molar-refractivity contribution in [3.05, 3.63) is 54.4 Å².